The zero-order valence-electron chi connectivity index (χ0n) is 58.9. The molecule has 0 spiro atoms. The zero-order valence-corrected chi connectivity index (χ0v) is 58.9. The highest BCUT2D eigenvalue weighted by Gasteiger charge is 2.43. The fourth-order valence-corrected chi connectivity index (χ4v) is 12.6. The summed E-state index contributed by atoms with van der Waals surface area (Å²) in [6, 6.07) is 10.9. The Morgan fingerprint density at radius 3 is 1.84 bits per heavy atom. The lowest BCUT2D eigenvalue weighted by molar-refractivity contribution is -0.132. The Bertz CT molecular complexity index is 3300. The monoisotopic (exact) mass is 1370 g/mol. The third kappa shape index (κ3) is 23.0. The van der Waals surface area contributed by atoms with E-state index in [0.717, 1.165) is 29.6 Å². The van der Waals surface area contributed by atoms with Crippen LogP contribution < -0.4 is 45.1 Å². The number of fused-ring (bicyclic) bond motifs is 4. The first kappa shape index (κ1) is 76.6. The van der Waals surface area contributed by atoms with Gasteiger partial charge in [0.05, 0.1) is 121 Å². The van der Waals surface area contributed by atoms with Crippen LogP contribution in [0.4, 0.5) is 17.1 Å². The van der Waals surface area contributed by atoms with E-state index in [-0.39, 0.29) is 87.3 Å². The summed E-state index contributed by atoms with van der Waals surface area (Å²) in [4.78, 5) is 90.0. The van der Waals surface area contributed by atoms with Gasteiger partial charge in [0, 0.05) is 62.2 Å². The summed E-state index contributed by atoms with van der Waals surface area (Å²) in [5.74, 6) is -0.112. The van der Waals surface area contributed by atoms with Gasteiger partial charge in [0.2, 0.25) is 23.6 Å². The van der Waals surface area contributed by atoms with Crippen LogP contribution in [0.15, 0.2) is 101 Å². The molecule has 24 nitrogen and oxygen atoms in total. The van der Waals surface area contributed by atoms with Crippen molar-refractivity contribution in [2.45, 2.75) is 168 Å². The Kier molecular flexibility index (Phi) is 31.1. The van der Waals surface area contributed by atoms with Gasteiger partial charge >= 0.3 is 0 Å². The van der Waals surface area contributed by atoms with Crippen molar-refractivity contribution in [1.29, 1.82) is 0 Å². The van der Waals surface area contributed by atoms with Gasteiger partial charge in [-0.15, -0.1) is 0 Å². The minimum absolute atomic E-state index is 0.0195. The van der Waals surface area contributed by atoms with E-state index in [9.17, 15) is 33.9 Å². The number of nitrogens with zero attached hydrogens (tertiary/aromatic N) is 4. The van der Waals surface area contributed by atoms with Crippen molar-refractivity contribution in [1.82, 2.24) is 25.8 Å². The molecule has 1 fully saturated rings. The van der Waals surface area contributed by atoms with Gasteiger partial charge in [0.25, 0.3) is 11.8 Å². The second-order valence-corrected chi connectivity index (χ2v) is 25.8. The fraction of sp³-hybridized carbons (Fsp3) is 0.560. The highest BCUT2D eigenvalue weighted by atomic mass is 16.6. The maximum atomic E-state index is 14.4. The Labute approximate surface area is 583 Å². The summed E-state index contributed by atoms with van der Waals surface area (Å²) >= 11 is 0. The van der Waals surface area contributed by atoms with Crippen molar-refractivity contribution in [3.63, 3.8) is 0 Å². The number of anilines is 2. The normalized spacial score (nSPS) is 18.7. The number of ether oxygens (including phenoxy) is 9. The van der Waals surface area contributed by atoms with Crippen LogP contribution in [-0.2, 0) is 49.5 Å². The third-order valence-corrected chi connectivity index (χ3v) is 18.0. The smallest absolute Gasteiger partial charge is 0.260 e. The molecule has 5 N–H and O–H groups in total. The van der Waals surface area contributed by atoms with Crippen LogP contribution in [-0.4, -0.2) is 181 Å². The first-order valence-corrected chi connectivity index (χ1v) is 35.2. The van der Waals surface area contributed by atoms with Gasteiger partial charge in [-0.25, -0.2) is 0 Å². The third-order valence-electron chi connectivity index (χ3n) is 18.0. The molecule has 0 radical (unpaired) electrons. The van der Waals surface area contributed by atoms with Gasteiger partial charge in [0.1, 0.15) is 25.0 Å². The molecule has 0 unspecified atom stereocenters. The molecule has 0 saturated heterocycles. The lowest BCUT2D eigenvalue weighted by Crippen LogP contribution is -2.53. The molecule has 3 aromatic carbocycles. The molecule has 0 bridgehead atoms. The van der Waals surface area contributed by atoms with Gasteiger partial charge in [-0.2, -0.15) is 0 Å². The minimum Gasteiger partial charge on any atom is -0.493 e. The van der Waals surface area contributed by atoms with E-state index in [2.05, 4.69) is 26.3 Å². The SMILES string of the molecule is C/C=C/C1=CN2C(=O)c3cc(OC)c(OCCCOc4cc5c(cc4OC)C(=O)N4C=C(/C=C/C)C[C@H]4[C@H](O)N5COCc4ccc(NC(=O)[C@H](C)NC(=O)[C@@H](NC(=O)CCOCCOCCOCCOCCNC(=O)CC5CCCCCCCCCC5)C(C)C)cc4)cc3N=C[C@@H]2C1. The van der Waals surface area contributed by atoms with Crippen LogP contribution >= 0.6 is 0 Å². The van der Waals surface area contributed by atoms with Crippen LogP contribution in [0.25, 0.3) is 0 Å². The van der Waals surface area contributed by atoms with Crippen LogP contribution in [0.2, 0.25) is 0 Å². The number of carbonyl (C=O) groups is 6. The fourth-order valence-electron chi connectivity index (χ4n) is 12.6. The van der Waals surface area contributed by atoms with Gasteiger partial charge in [0.15, 0.2) is 23.0 Å². The van der Waals surface area contributed by atoms with E-state index in [0.29, 0.717) is 123 Å². The lowest BCUT2D eigenvalue weighted by atomic mass is 9.92. The average Bonchev–Trinajstić information content (AvgIpc) is 1.63. The number of aliphatic imine (C=N–C) groups is 1. The zero-order chi connectivity index (χ0) is 70.5. The van der Waals surface area contributed by atoms with E-state index < -0.39 is 36.2 Å². The Hall–Kier alpha value is -8.13. The number of rotatable bonds is 37. The molecule has 1 aliphatic carbocycles. The number of benzene rings is 3. The summed E-state index contributed by atoms with van der Waals surface area (Å²) in [5.41, 5.74) is 4.67. The number of nitrogens with one attached hydrogen (secondary N) is 4. The second kappa shape index (κ2) is 40.2. The van der Waals surface area contributed by atoms with E-state index in [1.165, 1.54) is 65.6 Å². The summed E-state index contributed by atoms with van der Waals surface area (Å²) in [6.07, 6.45) is 26.6. The quantitative estimate of drug-likeness (QED) is 0.0336. The average molecular weight is 1370 g/mol. The highest BCUT2D eigenvalue weighted by molar-refractivity contribution is 6.05. The molecule has 8 rings (SSSR count). The molecular weight excluding hydrogens is 1270 g/mol. The van der Waals surface area contributed by atoms with E-state index in [4.69, 9.17) is 42.6 Å². The standard InChI is InChI=1S/C75H104N8O16/c1-8-19-55-39-58-46-77-61-44-66(64(91-6)42-59(61)73(88)81(58)47-55)98-29-18-30-99-67-45-62-60(43-65(67)92-7)74(89)82-48-56(20-9-2)40-63(82)75(90)83(62)50-97-49-54-23-25-57(26-24-54)79-71(86)52(5)78-72(87)70(51(3)4)80-68(84)27-31-93-33-35-95-37-38-96-36-34-94-32-28-76-69(85)41-53-21-16-14-12-10-11-13-15-17-22-53/h8-9,19-20,23-26,42-48,51-53,58,63,70,75,90H,10-18,21-22,27-41,49-50H2,1-7H3,(H,76,85)(H,78,87)(H,79,86)(H,80,84)/b19-8+,20-9+/t52-,58-,63-,70-,75-/m0/s1. The number of hydrogen-bond donors (Lipinski definition) is 5. The van der Waals surface area contributed by atoms with Gasteiger partial charge in [-0.3, -0.25) is 33.8 Å². The highest BCUT2D eigenvalue weighted by Crippen LogP contribution is 2.43. The number of aliphatic hydroxyl groups excluding tert-OH is 1. The number of allylic oxidation sites excluding steroid dienone is 4. The Morgan fingerprint density at radius 2 is 1.21 bits per heavy atom. The number of amides is 6. The predicted octanol–water partition coefficient (Wildman–Crippen LogP) is 10.0. The van der Waals surface area contributed by atoms with Crippen molar-refractivity contribution >= 4 is 58.7 Å². The number of aliphatic hydroxyl groups is 1. The summed E-state index contributed by atoms with van der Waals surface area (Å²) < 4.78 is 52.6. The maximum absolute atomic E-state index is 14.4. The van der Waals surface area contributed by atoms with Crippen molar-refractivity contribution in [2.75, 3.05) is 104 Å². The number of carbonyl (C=O) groups excluding carboxylic acids is 6. The summed E-state index contributed by atoms with van der Waals surface area (Å²) in [5, 5.41) is 23.5. The number of hydrogen-bond acceptors (Lipinski definition) is 18. The molecule has 3 aromatic rings. The van der Waals surface area contributed by atoms with Gasteiger partial charge in [-0.1, -0.05) is 102 Å². The molecule has 5 atom stereocenters. The molecule has 540 valence electrons. The molecule has 99 heavy (non-hydrogen) atoms. The largest absolute Gasteiger partial charge is 0.493 e. The van der Waals surface area contributed by atoms with Crippen molar-refractivity contribution in [3.05, 3.63) is 113 Å². The van der Waals surface area contributed by atoms with Crippen LogP contribution in [0.3, 0.4) is 0 Å². The molecule has 5 aliphatic rings. The lowest BCUT2D eigenvalue weighted by Gasteiger charge is -2.33. The predicted molar refractivity (Wildman–Crippen MR) is 377 cm³/mol. The van der Waals surface area contributed by atoms with Crippen LogP contribution in [0.1, 0.15) is 157 Å². The van der Waals surface area contributed by atoms with Gasteiger partial charge < -0.3 is 83.7 Å². The van der Waals surface area contributed by atoms with E-state index >= 15 is 0 Å². The first-order chi connectivity index (χ1) is 48.1. The number of methoxy groups -OCH3 is 2. The maximum Gasteiger partial charge on any atom is 0.260 e. The Morgan fingerprint density at radius 1 is 0.636 bits per heavy atom. The molecule has 0 aromatic heterocycles. The molecular formula is C75H104N8O16. The summed E-state index contributed by atoms with van der Waals surface area (Å²) in [6.45, 7) is 12.5. The topological polar surface area (TPSA) is 276 Å². The summed E-state index contributed by atoms with van der Waals surface area (Å²) in [7, 11) is 3.01. The van der Waals surface area contributed by atoms with Crippen LogP contribution in [0, 0.1) is 11.8 Å². The molecule has 4 heterocycles. The molecule has 4 aliphatic heterocycles. The molecule has 1 saturated carbocycles. The van der Waals surface area contributed by atoms with Gasteiger partial charge in [-0.05, 0) is 99.3 Å². The van der Waals surface area contributed by atoms with Crippen LogP contribution in [0.5, 0.6) is 23.0 Å². The Balaban J connectivity index is 0.732. The minimum atomic E-state index is -1.20. The molecule has 24 heteroatoms. The first-order valence-electron chi connectivity index (χ1n) is 35.2. The van der Waals surface area contributed by atoms with Crippen molar-refractivity contribution < 1.29 is 76.5 Å². The van der Waals surface area contributed by atoms with Crippen molar-refractivity contribution in [2.24, 2.45) is 16.8 Å². The van der Waals surface area contributed by atoms with E-state index in [1.54, 1.807) is 96.4 Å². The van der Waals surface area contributed by atoms with E-state index in [1.807, 2.05) is 44.4 Å². The molecule has 6 amide bonds. The second-order valence-electron chi connectivity index (χ2n) is 25.8. The van der Waals surface area contributed by atoms with Crippen molar-refractivity contribution in [3.8, 4) is 23.0 Å².